The molecule has 1 aromatic rings. The number of hydrogen-bond donors (Lipinski definition) is 2. The Morgan fingerprint density at radius 1 is 1.27 bits per heavy atom. The van der Waals surface area contributed by atoms with E-state index in [4.69, 9.17) is 21.4 Å². The van der Waals surface area contributed by atoms with Crippen molar-refractivity contribution in [2.75, 3.05) is 26.3 Å². The molecular weight excluding hydrogens is 214 g/mol. The normalized spacial score (nSPS) is 10.3. The summed E-state index contributed by atoms with van der Waals surface area (Å²) in [5.41, 5.74) is 0. The Morgan fingerprint density at radius 3 is 2.80 bits per heavy atom. The van der Waals surface area contributed by atoms with E-state index in [2.05, 4.69) is 5.32 Å². The maximum Gasteiger partial charge on any atom is 0.137 e. The number of aliphatic hydroxyl groups is 1. The van der Waals surface area contributed by atoms with Gasteiger partial charge in [-0.05, 0) is 25.1 Å². The van der Waals surface area contributed by atoms with Crippen LogP contribution in [-0.4, -0.2) is 31.4 Å². The molecule has 1 aromatic carbocycles. The third kappa shape index (κ3) is 5.02. The number of ether oxygens (including phenoxy) is 1. The lowest BCUT2D eigenvalue weighted by molar-refractivity contribution is 0.282. The molecule has 0 spiro atoms. The monoisotopic (exact) mass is 229 g/mol. The van der Waals surface area contributed by atoms with Crippen molar-refractivity contribution in [2.45, 2.75) is 6.42 Å². The third-order valence-corrected chi connectivity index (χ3v) is 2.19. The van der Waals surface area contributed by atoms with E-state index in [1.54, 1.807) is 6.07 Å². The smallest absolute Gasteiger partial charge is 0.137 e. The molecule has 0 radical (unpaired) electrons. The molecule has 1 rings (SSSR count). The van der Waals surface area contributed by atoms with E-state index >= 15 is 0 Å². The fourth-order valence-corrected chi connectivity index (χ4v) is 1.34. The summed E-state index contributed by atoms with van der Waals surface area (Å²) in [6.45, 7) is 2.27. The number of rotatable bonds is 7. The van der Waals surface area contributed by atoms with Crippen LogP contribution in [0.5, 0.6) is 5.75 Å². The number of hydrogen-bond acceptors (Lipinski definition) is 3. The van der Waals surface area contributed by atoms with Crippen molar-refractivity contribution in [1.29, 1.82) is 0 Å². The first-order valence-corrected chi connectivity index (χ1v) is 5.41. The van der Waals surface area contributed by atoms with Gasteiger partial charge in [-0.1, -0.05) is 23.7 Å². The van der Waals surface area contributed by atoms with Crippen LogP contribution in [0.4, 0.5) is 0 Å². The molecule has 0 aromatic heterocycles. The van der Waals surface area contributed by atoms with Crippen LogP contribution >= 0.6 is 11.6 Å². The Kier molecular flexibility index (Phi) is 6.16. The van der Waals surface area contributed by atoms with Gasteiger partial charge >= 0.3 is 0 Å². The maximum absolute atomic E-state index is 8.53. The van der Waals surface area contributed by atoms with Crippen LogP contribution in [0.1, 0.15) is 6.42 Å². The lowest BCUT2D eigenvalue weighted by Crippen LogP contribution is -2.20. The molecule has 2 N–H and O–H groups in total. The predicted octanol–water partition coefficient (Wildman–Crippen LogP) is 1.69. The molecule has 84 valence electrons. The van der Waals surface area contributed by atoms with Crippen molar-refractivity contribution < 1.29 is 9.84 Å². The van der Waals surface area contributed by atoms with E-state index in [0.717, 1.165) is 18.7 Å². The lowest BCUT2D eigenvalue weighted by Gasteiger charge is -2.07. The molecule has 0 aliphatic carbocycles. The van der Waals surface area contributed by atoms with E-state index in [1.807, 2.05) is 18.2 Å². The molecule has 0 aliphatic heterocycles. The van der Waals surface area contributed by atoms with Gasteiger partial charge in [0.05, 0.1) is 18.2 Å². The highest BCUT2D eigenvalue weighted by Gasteiger charge is 1.98. The number of benzene rings is 1. The van der Waals surface area contributed by atoms with Crippen LogP contribution in [0.15, 0.2) is 24.3 Å². The van der Waals surface area contributed by atoms with Crippen molar-refractivity contribution in [3.63, 3.8) is 0 Å². The molecule has 3 nitrogen and oxygen atoms in total. The molecule has 0 saturated heterocycles. The quantitative estimate of drug-likeness (QED) is 0.700. The molecule has 4 heteroatoms. The largest absolute Gasteiger partial charge is 0.492 e. The van der Waals surface area contributed by atoms with E-state index in [9.17, 15) is 0 Å². The fourth-order valence-electron chi connectivity index (χ4n) is 1.15. The summed E-state index contributed by atoms with van der Waals surface area (Å²) in [7, 11) is 0. The van der Waals surface area contributed by atoms with Crippen molar-refractivity contribution in [3.8, 4) is 5.75 Å². The summed E-state index contributed by atoms with van der Waals surface area (Å²) >= 11 is 5.91. The van der Waals surface area contributed by atoms with Crippen molar-refractivity contribution in [1.82, 2.24) is 5.32 Å². The van der Waals surface area contributed by atoms with Gasteiger partial charge in [0.15, 0.2) is 0 Å². The fraction of sp³-hybridized carbons (Fsp3) is 0.455. The van der Waals surface area contributed by atoms with Crippen LogP contribution in [-0.2, 0) is 0 Å². The van der Waals surface area contributed by atoms with Crippen LogP contribution in [0.2, 0.25) is 5.02 Å². The van der Waals surface area contributed by atoms with Crippen molar-refractivity contribution in [3.05, 3.63) is 29.3 Å². The summed E-state index contributed by atoms with van der Waals surface area (Å²) in [5.74, 6) is 0.723. The molecule has 0 heterocycles. The van der Waals surface area contributed by atoms with Gasteiger partial charge in [-0.25, -0.2) is 0 Å². The Morgan fingerprint density at radius 2 is 2.07 bits per heavy atom. The predicted molar refractivity (Wildman–Crippen MR) is 61.5 cm³/mol. The number of nitrogens with one attached hydrogen (secondary N) is 1. The SMILES string of the molecule is OCCNCCCOc1ccccc1Cl. The summed E-state index contributed by atoms with van der Waals surface area (Å²) in [6.07, 6.45) is 0.894. The minimum Gasteiger partial charge on any atom is -0.492 e. The van der Waals surface area contributed by atoms with Gasteiger partial charge < -0.3 is 15.2 Å². The minimum atomic E-state index is 0.172. The second-order valence-electron chi connectivity index (χ2n) is 3.11. The third-order valence-electron chi connectivity index (χ3n) is 1.88. The molecule has 0 bridgehead atoms. The van der Waals surface area contributed by atoms with Crippen LogP contribution < -0.4 is 10.1 Å². The Hall–Kier alpha value is -0.770. The minimum absolute atomic E-state index is 0.172. The van der Waals surface area contributed by atoms with E-state index in [0.29, 0.717) is 18.2 Å². The van der Waals surface area contributed by atoms with E-state index < -0.39 is 0 Å². The maximum atomic E-state index is 8.53. The van der Waals surface area contributed by atoms with E-state index in [-0.39, 0.29) is 6.61 Å². The van der Waals surface area contributed by atoms with Gasteiger partial charge in [0.2, 0.25) is 0 Å². The molecule has 0 unspecified atom stereocenters. The first-order chi connectivity index (χ1) is 7.34. The summed E-state index contributed by atoms with van der Waals surface area (Å²) in [6, 6.07) is 7.42. The summed E-state index contributed by atoms with van der Waals surface area (Å²) in [4.78, 5) is 0. The summed E-state index contributed by atoms with van der Waals surface area (Å²) < 4.78 is 5.48. The molecule has 0 amide bonds. The highest BCUT2D eigenvalue weighted by atomic mass is 35.5. The molecule has 0 atom stereocenters. The van der Waals surface area contributed by atoms with Gasteiger partial charge in [0.25, 0.3) is 0 Å². The Labute approximate surface area is 95.0 Å². The molecule has 0 saturated carbocycles. The van der Waals surface area contributed by atoms with Gasteiger partial charge in [0, 0.05) is 6.54 Å². The van der Waals surface area contributed by atoms with Crippen LogP contribution in [0, 0.1) is 0 Å². The molecular formula is C11H16ClNO2. The zero-order valence-corrected chi connectivity index (χ0v) is 9.33. The molecule has 0 fully saturated rings. The van der Waals surface area contributed by atoms with Gasteiger partial charge in [-0.15, -0.1) is 0 Å². The number of para-hydroxylation sites is 1. The first kappa shape index (κ1) is 12.3. The van der Waals surface area contributed by atoms with Gasteiger partial charge in [0.1, 0.15) is 5.75 Å². The number of halogens is 1. The zero-order chi connectivity index (χ0) is 10.9. The summed E-state index contributed by atoms with van der Waals surface area (Å²) in [5, 5.41) is 12.2. The van der Waals surface area contributed by atoms with Crippen LogP contribution in [0.25, 0.3) is 0 Å². The Bertz CT molecular complexity index is 281. The van der Waals surface area contributed by atoms with Crippen LogP contribution in [0.3, 0.4) is 0 Å². The van der Waals surface area contributed by atoms with E-state index in [1.165, 1.54) is 0 Å². The highest BCUT2D eigenvalue weighted by molar-refractivity contribution is 6.32. The zero-order valence-electron chi connectivity index (χ0n) is 8.58. The molecule has 15 heavy (non-hydrogen) atoms. The van der Waals surface area contributed by atoms with Crippen molar-refractivity contribution >= 4 is 11.6 Å². The second kappa shape index (κ2) is 7.51. The second-order valence-corrected chi connectivity index (χ2v) is 3.51. The first-order valence-electron chi connectivity index (χ1n) is 5.03. The topological polar surface area (TPSA) is 41.5 Å². The van der Waals surface area contributed by atoms with Gasteiger partial charge in [-0.3, -0.25) is 0 Å². The standard InChI is InChI=1S/C11H16ClNO2/c12-10-4-1-2-5-11(10)15-9-3-6-13-7-8-14/h1-2,4-5,13-14H,3,6-9H2. The Balaban J connectivity index is 2.12. The van der Waals surface area contributed by atoms with Crippen molar-refractivity contribution in [2.24, 2.45) is 0 Å². The van der Waals surface area contributed by atoms with Gasteiger partial charge in [-0.2, -0.15) is 0 Å². The molecule has 0 aliphatic rings. The highest BCUT2D eigenvalue weighted by Crippen LogP contribution is 2.22. The average molecular weight is 230 g/mol. The average Bonchev–Trinajstić information content (AvgIpc) is 2.25. The number of aliphatic hydroxyl groups excluding tert-OH is 1. The lowest BCUT2D eigenvalue weighted by atomic mass is 10.3.